The van der Waals surface area contributed by atoms with Gasteiger partial charge in [0.15, 0.2) is 0 Å². The number of rotatable bonds is 5. The van der Waals surface area contributed by atoms with E-state index in [2.05, 4.69) is 43.4 Å². The van der Waals surface area contributed by atoms with E-state index >= 15 is 0 Å². The van der Waals surface area contributed by atoms with Crippen LogP contribution in [0.15, 0.2) is 24.3 Å². The van der Waals surface area contributed by atoms with Crippen molar-refractivity contribution in [3.05, 3.63) is 35.4 Å². The molecular weight excluding hydrogens is 262 g/mol. The van der Waals surface area contributed by atoms with E-state index in [-0.39, 0.29) is 11.8 Å². The quantitative estimate of drug-likeness (QED) is 0.874. The van der Waals surface area contributed by atoms with Crippen LogP contribution in [0.1, 0.15) is 43.7 Å². The fourth-order valence-electron chi connectivity index (χ4n) is 3.89. The first-order chi connectivity index (χ1) is 10.1. The van der Waals surface area contributed by atoms with Gasteiger partial charge in [-0.2, -0.15) is 0 Å². The van der Waals surface area contributed by atoms with Crippen molar-refractivity contribution in [2.75, 3.05) is 6.54 Å². The Labute approximate surface area is 126 Å². The summed E-state index contributed by atoms with van der Waals surface area (Å²) in [5.41, 5.74) is 2.78. The number of hydrogen-bond donors (Lipinski definition) is 2. The first kappa shape index (κ1) is 14.6. The summed E-state index contributed by atoms with van der Waals surface area (Å²) in [6, 6.07) is 8.51. The Kier molecular flexibility index (Phi) is 4.03. The van der Waals surface area contributed by atoms with Crippen LogP contribution in [0.4, 0.5) is 0 Å². The molecule has 2 aliphatic carbocycles. The number of hydrogen-bond acceptors (Lipinski definition) is 2. The molecule has 4 unspecified atom stereocenters. The zero-order valence-electron chi connectivity index (χ0n) is 12.9. The fourth-order valence-corrected chi connectivity index (χ4v) is 3.89. The molecule has 0 radical (unpaired) electrons. The van der Waals surface area contributed by atoms with E-state index in [0.29, 0.717) is 24.3 Å². The highest BCUT2D eigenvalue weighted by molar-refractivity contribution is 5.84. The highest BCUT2D eigenvalue weighted by Crippen LogP contribution is 2.59. The summed E-state index contributed by atoms with van der Waals surface area (Å²) >= 11 is 0. The van der Waals surface area contributed by atoms with Gasteiger partial charge in [0, 0.05) is 12.5 Å². The second kappa shape index (κ2) is 5.80. The van der Waals surface area contributed by atoms with E-state index in [4.69, 9.17) is 0 Å². The van der Waals surface area contributed by atoms with E-state index in [9.17, 15) is 9.90 Å². The monoisotopic (exact) mass is 287 g/mol. The number of carbonyl (C=O) groups is 1. The smallest absolute Gasteiger partial charge is 0.224 e. The SMILES string of the molecule is CC(C)CC(O)CNC(=O)C1C2CCc3ccccc3C21. The molecule has 1 aromatic rings. The van der Waals surface area contributed by atoms with Gasteiger partial charge in [-0.3, -0.25) is 4.79 Å². The van der Waals surface area contributed by atoms with Crippen LogP contribution in [0.25, 0.3) is 0 Å². The molecule has 3 nitrogen and oxygen atoms in total. The predicted octanol–water partition coefficient (Wildman–Crippen LogP) is 2.49. The molecule has 2 aliphatic rings. The molecule has 0 saturated heterocycles. The number of aliphatic hydroxyl groups excluding tert-OH is 1. The summed E-state index contributed by atoms with van der Waals surface area (Å²) in [6.45, 7) is 4.55. The number of fused-ring (bicyclic) bond motifs is 3. The van der Waals surface area contributed by atoms with Gasteiger partial charge in [0.25, 0.3) is 0 Å². The van der Waals surface area contributed by atoms with Gasteiger partial charge in [0.2, 0.25) is 5.91 Å². The molecule has 114 valence electrons. The van der Waals surface area contributed by atoms with Crippen molar-refractivity contribution in [1.82, 2.24) is 5.32 Å². The molecule has 1 aromatic carbocycles. The number of carbonyl (C=O) groups excluding carboxylic acids is 1. The molecular formula is C18H25NO2. The van der Waals surface area contributed by atoms with Crippen molar-refractivity contribution in [1.29, 1.82) is 0 Å². The minimum Gasteiger partial charge on any atom is -0.391 e. The Morgan fingerprint density at radius 2 is 2.14 bits per heavy atom. The third-order valence-corrected chi connectivity index (χ3v) is 4.89. The highest BCUT2D eigenvalue weighted by atomic mass is 16.3. The van der Waals surface area contributed by atoms with E-state index in [0.717, 1.165) is 19.3 Å². The molecule has 3 heteroatoms. The summed E-state index contributed by atoms with van der Waals surface area (Å²) < 4.78 is 0. The Balaban J connectivity index is 1.57. The third-order valence-electron chi connectivity index (χ3n) is 4.89. The Bertz CT molecular complexity index is 526. The fraction of sp³-hybridized carbons (Fsp3) is 0.611. The largest absolute Gasteiger partial charge is 0.391 e. The number of nitrogens with one attached hydrogen (secondary N) is 1. The number of benzene rings is 1. The van der Waals surface area contributed by atoms with Crippen molar-refractivity contribution in [2.45, 2.75) is 45.1 Å². The molecule has 2 N–H and O–H groups in total. The summed E-state index contributed by atoms with van der Waals surface area (Å²) in [5, 5.41) is 12.8. The first-order valence-corrected chi connectivity index (χ1v) is 8.11. The molecule has 4 atom stereocenters. The van der Waals surface area contributed by atoms with Crippen molar-refractivity contribution in [3.8, 4) is 0 Å². The van der Waals surface area contributed by atoms with Crippen LogP contribution in [-0.2, 0) is 11.2 Å². The summed E-state index contributed by atoms with van der Waals surface area (Å²) in [4.78, 5) is 12.3. The van der Waals surface area contributed by atoms with Crippen LogP contribution in [0.2, 0.25) is 0 Å². The van der Waals surface area contributed by atoms with Gasteiger partial charge in [-0.15, -0.1) is 0 Å². The van der Waals surface area contributed by atoms with E-state index in [1.54, 1.807) is 0 Å². The second-order valence-corrected chi connectivity index (χ2v) is 6.98. The van der Waals surface area contributed by atoms with Gasteiger partial charge >= 0.3 is 0 Å². The average Bonchev–Trinajstić information content (AvgIpc) is 3.19. The molecule has 0 aromatic heterocycles. The standard InChI is InChI=1S/C18H25NO2/c1-11(2)9-13(20)10-19-18(21)17-15-8-7-12-5-3-4-6-14(12)16(15)17/h3-6,11,13,15-17,20H,7-10H2,1-2H3,(H,19,21). The molecule has 0 aliphatic heterocycles. The molecule has 1 fully saturated rings. The van der Waals surface area contributed by atoms with Crippen LogP contribution >= 0.6 is 0 Å². The molecule has 21 heavy (non-hydrogen) atoms. The van der Waals surface area contributed by atoms with Crippen LogP contribution in [0.3, 0.4) is 0 Å². The topological polar surface area (TPSA) is 49.3 Å². The second-order valence-electron chi connectivity index (χ2n) is 6.98. The van der Waals surface area contributed by atoms with Crippen molar-refractivity contribution >= 4 is 5.91 Å². The molecule has 1 saturated carbocycles. The highest BCUT2D eigenvalue weighted by Gasteiger charge is 2.56. The van der Waals surface area contributed by atoms with E-state index in [1.165, 1.54) is 11.1 Å². The third kappa shape index (κ3) is 2.98. The Morgan fingerprint density at radius 3 is 2.90 bits per heavy atom. The molecule has 0 heterocycles. The lowest BCUT2D eigenvalue weighted by Gasteiger charge is -2.14. The van der Waals surface area contributed by atoms with Crippen LogP contribution < -0.4 is 5.32 Å². The zero-order valence-corrected chi connectivity index (χ0v) is 12.9. The van der Waals surface area contributed by atoms with Crippen LogP contribution in [-0.4, -0.2) is 23.7 Å². The Morgan fingerprint density at radius 1 is 1.38 bits per heavy atom. The normalized spacial score (nSPS) is 27.7. The van der Waals surface area contributed by atoms with Crippen molar-refractivity contribution in [2.24, 2.45) is 17.8 Å². The minimum atomic E-state index is -0.429. The van der Waals surface area contributed by atoms with Gasteiger partial charge < -0.3 is 10.4 Å². The Hall–Kier alpha value is -1.35. The maximum absolute atomic E-state index is 12.3. The van der Waals surface area contributed by atoms with E-state index < -0.39 is 6.10 Å². The lowest BCUT2D eigenvalue weighted by Crippen LogP contribution is -2.34. The molecule has 1 amide bonds. The van der Waals surface area contributed by atoms with Gasteiger partial charge in [0.05, 0.1) is 6.10 Å². The predicted molar refractivity (Wildman–Crippen MR) is 83.0 cm³/mol. The number of aryl methyl sites for hydroxylation is 1. The summed E-state index contributed by atoms with van der Waals surface area (Å²) in [5.74, 6) is 1.64. The molecule has 0 spiro atoms. The van der Waals surface area contributed by atoms with Crippen LogP contribution in [0, 0.1) is 17.8 Å². The lowest BCUT2D eigenvalue weighted by molar-refractivity contribution is -0.123. The molecule has 0 bridgehead atoms. The van der Waals surface area contributed by atoms with Crippen molar-refractivity contribution < 1.29 is 9.90 Å². The maximum atomic E-state index is 12.3. The van der Waals surface area contributed by atoms with Gasteiger partial charge in [-0.25, -0.2) is 0 Å². The van der Waals surface area contributed by atoms with E-state index in [1.807, 2.05) is 0 Å². The maximum Gasteiger partial charge on any atom is 0.224 e. The zero-order chi connectivity index (χ0) is 15.0. The van der Waals surface area contributed by atoms with Gasteiger partial charge in [-0.05, 0) is 48.1 Å². The summed E-state index contributed by atoms with van der Waals surface area (Å²) in [7, 11) is 0. The van der Waals surface area contributed by atoms with Crippen molar-refractivity contribution in [3.63, 3.8) is 0 Å². The number of amides is 1. The van der Waals surface area contributed by atoms with Gasteiger partial charge in [0.1, 0.15) is 0 Å². The average molecular weight is 287 g/mol. The number of aliphatic hydroxyl groups is 1. The van der Waals surface area contributed by atoms with Crippen LogP contribution in [0.5, 0.6) is 0 Å². The first-order valence-electron chi connectivity index (χ1n) is 8.11. The molecule has 3 rings (SSSR count). The summed E-state index contributed by atoms with van der Waals surface area (Å²) in [6.07, 6.45) is 2.52. The minimum absolute atomic E-state index is 0.125. The van der Waals surface area contributed by atoms with Gasteiger partial charge in [-0.1, -0.05) is 38.1 Å². The lowest BCUT2D eigenvalue weighted by atomic mass is 9.92.